The fraction of sp³-hybridized carbons (Fsp3) is 0.333. The summed E-state index contributed by atoms with van der Waals surface area (Å²) < 4.78 is 26.3. The summed E-state index contributed by atoms with van der Waals surface area (Å²) in [6.45, 7) is 3.31. The molecule has 0 spiro atoms. The summed E-state index contributed by atoms with van der Waals surface area (Å²) in [6, 6.07) is 9.64. The second kappa shape index (κ2) is 10.2. The second-order valence-electron chi connectivity index (χ2n) is 6.22. The zero-order valence-electron chi connectivity index (χ0n) is 17.1. The summed E-state index contributed by atoms with van der Waals surface area (Å²) in [6.07, 6.45) is -0.0426. The van der Waals surface area contributed by atoms with Crippen LogP contribution in [0.2, 0.25) is 0 Å². The molecule has 0 atom stereocenters. The van der Waals surface area contributed by atoms with Gasteiger partial charge in [-0.2, -0.15) is 0 Å². The molecular formula is C21H25NO7. The third kappa shape index (κ3) is 6.03. The highest BCUT2D eigenvalue weighted by Crippen LogP contribution is 2.30. The van der Waals surface area contributed by atoms with Gasteiger partial charge in [-0.15, -0.1) is 0 Å². The fourth-order valence-electron chi connectivity index (χ4n) is 2.46. The standard InChI is InChI=1S/C21H25NO7/c1-13(2)29-18-8-6-14(10-19(18)27-5)21(24)28-12-20(23)22-16-11-15(25-3)7-9-17(16)26-4/h6-11,13H,12H2,1-5H3,(H,22,23). The fourth-order valence-corrected chi connectivity index (χ4v) is 2.46. The van der Waals surface area contributed by atoms with Gasteiger partial charge < -0.3 is 29.0 Å². The Labute approximate surface area is 169 Å². The lowest BCUT2D eigenvalue weighted by atomic mass is 10.2. The molecule has 0 aromatic heterocycles. The molecule has 0 radical (unpaired) electrons. The number of carbonyl (C=O) groups is 2. The quantitative estimate of drug-likeness (QED) is 0.642. The van der Waals surface area contributed by atoms with Gasteiger partial charge in [-0.1, -0.05) is 0 Å². The average Bonchev–Trinajstić information content (AvgIpc) is 2.71. The molecule has 0 saturated carbocycles. The molecule has 2 aromatic carbocycles. The van der Waals surface area contributed by atoms with Crippen LogP contribution in [0.3, 0.4) is 0 Å². The van der Waals surface area contributed by atoms with Crippen molar-refractivity contribution >= 4 is 17.6 Å². The Hall–Kier alpha value is -3.42. The van der Waals surface area contributed by atoms with Crippen LogP contribution in [0.15, 0.2) is 36.4 Å². The van der Waals surface area contributed by atoms with Crippen LogP contribution in [0, 0.1) is 0 Å². The zero-order chi connectivity index (χ0) is 21.4. The molecule has 0 aliphatic rings. The third-order valence-electron chi connectivity index (χ3n) is 3.78. The summed E-state index contributed by atoms with van der Waals surface area (Å²) in [5.41, 5.74) is 0.648. The van der Waals surface area contributed by atoms with Crippen LogP contribution in [0.5, 0.6) is 23.0 Å². The molecule has 0 unspecified atom stereocenters. The van der Waals surface area contributed by atoms with E-state index in [4.69, 9.17) is 23.7 Å². The maximum Gasteiger partial charge on any atom is 0.338 e. The van der Waals surface area contributed by atoms with Crippen LogP contribution in [0.1, 0.15) is 24.2 Å². The van der Waals surface area contributed by atoms with Crippen LogP contribution in [0.25, 0.3) is 0 Å². The van der Waals surface area contributed by atoms with E-state index in [9.17, 15) is 9.59 Å². The lowest BCUT2D eigenvalue weighted by molar-refractivity contribution is -0.119. The molecule has 0 bridgehead atoms. The number of carbonyl (C=O) groups excluding carboxylic acids is 2. The first-order chi connectivity index (χ1) is 13.9. The van der Waals surface area contributed by atoms with Crippen LogP contribution < -0.4 is 24.3 Å². The van der Waals surface area contributed by atoms with Gasteiger partial charge >= 0.3 is 5.97 Å². The van der Waals surface area contributed by atoms with Gasteiger partial charge in [0, 0.05) is 6.07 Å². The van der Waals surface area contributed by atoms with E-state index >= 15 is 0 Å². The van der Waals surface area contributed by atoms with E-state index in [1.54, 1.807) is 30.3 Å². The maximum atomic E-state index is 12.3. The van der Waals surface area contributed by atoms with E-state index in [1.165, 1.54) is 27.4 Å². The van der Waals surface area contributed by atoms with Crippen molar-refractivity contribution in [2.75, 3.05) is 33.3 Å². The van der Waals surface area contributed by atoms with Gasteiger partial charge in [0.2, 0.25) is 0 Å². The third-order valence-corrected chi connectivity index (χ3v) is 3.78. The summed E-state index contributed by atoms with van der Waals surface area (Å²) in [7, 11) is 4.48. The molecule has 1 N–H and O–H groups in total. The highest BCUT2D eigenvalue weighted by atomic mass is 16.5. The zero-order valence-corrected chi connectivity index (χ0v) is 17.1. The monoisotopic (exact) mass is 403 g/mol. The van der Waals surface area contributed by atoms with Crippen molar-refractivity contribution in [3.05, 3.63) is 42.0 Å². The van der Waals surface area contributed by atoms with Gasteiger partial charge in [0.1, 0.15) is 11.5 Å². The predicted molar refractivity (Wildman–Crippen MR) is 107 cm³/mol. The Balaban J connectivity index is 2.01. The molecule has 1 amide bonds. The number of hydrogen-bond donors (Lipinski definition) is 1. The number of nitrogens with one attached hydrogen (secondary N) is 1. The topological polar surface area (TPSA) is 92.3 Å². The maximum absolute atomic E-state index is 12.3. The Kier molecular flexibility index (Phi) is 7.70. The van der Waals surface area contributed by atoms with E-state index in [2.05, 4.69) is 5.32 Å². The van der Waals surface area contributed by atoms with Gasteiger partial charge in [-0.3, -0.25) is 4.79 Å². The molecule has 29 heavy (non-hydrogen) atoms. The van der Waals surface area contributed by atoms with Crippen LogP contribution in [0.4, 0.5) is 5.69 Å². The second-order valence-corrected chi connectivity index (χ2v) is 6.22. The minimum Gasteiger partial charge on any atom is -0.497 e. The SMILES string of the molecule is COc1ccc(OC)c(NC(=O)COC(=O)c2ccc(OC(C)C)c(OC)c2)c1. The van der Waals surface area contributed by atoms with Crippen molar-refractivity contribution in [3.8, 4) is 23.0 Å². The number of anilines is 1. The lowest BCUT2D eigenvalue weighted by Gasteiger charge is -2.14. The van der Waals surface area contributed by atoms with Crippen molar-refractivity contribution in [1.29, 1.82) is 0 Å². The highest BCUT2D eigenvalue weighted by molar-refractivity contribution is 5.96. The van der Waals surface area contributed by atoms with Gasteiger partial charge in [-0.25, -0.2) is 4.79 Å². The summed E-state index contributed by atoms with van der Waals surface area (Å²) in [5.74, 6) is 0.745. The average molecular weight is 403 g/mol. The number of rotatable bonds is 9. The molecule has 0 aliphatic heterocycles. The van der Waals surface area contributed by atoms with E-state index in [1.807, 2.05) is 13.8 Å². The minimum absolute atomic E-state index is 0.0426. The van der Waals surface area contributed by atoms with Crippen molar-refractivity contribution < 1.29 is 33.3 Å². The Bertz CT molecular complexity index is 864. The molecule has 8 nitrogen and oxygen atoms in total. The van der Waals surface area contributed by atoms with Gasteiger partial charge in [-0.05, 0) is 44.2 Å². The summed E-state index contributed by atoms with van der Waals surface area (Å²) in [5, 5.41) is 2.63. The van der Waals surface area contributed by atoms with E-state index in [0.29, 0.717) is 28.7 Å². The first kappa shape index (κ1) is 21.9. The minimum atomic E-state index is -0.660. The number of hydrogen-bond acceptors (Lipinski definition) is 7. The number of amides is 1. The first-order valence-corrected chi connectivity index (χ1v) is 8.91. The normalized spacial score (nSPS) is 10.3. The molecule has 0 fully saturated rings. The molecule has 0 saturated heterocycles. The number of ether oxygens (including phenoxy) is 5. The summed E-state index contributed by atoms with van der Waals surface area (Å²) in [4.78, 5) is 24.5. The van der Waals surface area contributed by atoms with Gasteiger partial charge in [0.25, 0.3) is 5.91 Å². The van der Waals surface area contributed by atoms with Crippen molar-refractivity contribution in [2.45, 2.75) is 20.0 Å². The van der Waals surface area contributed by atoms with E-state index in [0.717, 1.165) is 0 Å². The molecule has 2 aromatic rings. The largest absolute Gasteiger partial charge is 0.497 e. The van der Waals surface area contributed by atoms with E-state index in [-0.39, 0.29) is 11.7 Å². The number of methoxy groups -OCH3 is 3. The molecule has 2 rings (SSSR count). The van der Waals surface area contributed by atoms with Gasteiger partial charge in [0.05, 0.1) is 38.7 Å². The first-order valence-electron chi connectivity index (χ1n) is 8.91. The number of benzene rings is 2. The van der Waals surface area contributed by atoms with Crippen molar-refractivity contribution in [3.63, 3.8) is 0 Å². The number of esters is 1. The molecule has 0 heterocycles. The summed E-state index contributed by atoms with van der Waals surface area (Å²) >= 11 is 0. The smallest absolute Gasteiger partial charge is 0.338 e. The van der Waals surface area contributed by atoms with Crippen molar-refractivity contribution in [2.24, 2.45) is 0 Å². The highest BCUT2D eigenvalue weighted by Gasteiger charge is 2.16. The van der Waals surface area contributed by atoms with Gasteiger partial charge in [0.15, 0.2) is 18.1 Å². The van der Waals surface area contributed by atoms with Crippen LogP contribution in [-0.2, 0) is 9.53 Å². The van der Waals surface area contributed by atoms with Crippen molar-refractivity contribution in [1.82, 2.24) is 0 Å². The van der Waals surface area contributed by atoms with Crippen LogP contribution in [-0.4, -0.2) is 45.9 Å². The lowest BCUT2D eigenvalue weighted by Crippen LogP contribution is -2.21. The Morgan fingerprint density at radius 3 is 2.21 bits per heavy atom. The Morgan fingerprint density at radius 2 is 1.59 bits per heavy atom. The molecule has 0 aliphatic carbocycles. The molecule has 8 heteroatoms. The molecule has 156 valence electrons. The van der Waals surface area contributed by atoms with E-state index < -0.39 is 18.5 Å². The predicted octanol–water partition coefficient (Wildman–Crippen LogP) is 3.30. The van der Waals surface area contributed by atoms with Crippen LogP contribution >= 0.6 is 0 Å². The Morgan fingerprint density at radius 1 is 0.897 bits per heavy atom. The molecular weight excluding hydrogens is 378 g/mol.